The summed E-state index contributed by atoms with van der Waals surface area (Å²) in [6.45, 7) is 8.71. The lowest BCUT2D eigenvalue weighted by molar-refractivity contribution is -0.433. The molecule has 1 unspecified atom stereocenters. The first-order valence-electron chi connectivity index (χ1n) is 21.0. The minimum atomic E-state index is -2.83. The zero-order valence-electron chi connectivity index (χ0n) is 36.9. The van der Waals surface area contributed by atoms with Crippen molar-refractivity contribution in [2.75, 3.05) is 45.0 Å². The van der Waals surface area contributed by atoms with E-state index in [9.17, 15) is 4.39 Å². The van der Waals surface area contributed by atoms with Crippen LogP contribution in [-0.2, 0) is 6.42 Å². The third-order valence-electron chi connectivity index (χ3n) is 12.2. The summed E-state index contributed by atoms with van der Waals surface area (Å²) in [7, 11) is 6.77. The third kappa shape index (κ3) is 7.25. The van der Waals surface area contributed by atoms with E-state index >= 15 is 21.9 Å². The van der Waals surface area contributed by atoms with Gasteiger partial charge in [-0.1, -0.05) is 80.6 Å². The summed E-state index contributed by atoms with van der Waals surface area (Å²) in [5.74, 6) is -10.4. The van der Waals surface area contributed by atoms with Crippen molar-refractivity contribution in [2.45, 2.75) is 47.4 Å². The van der Waals surface area contributed by atoms with Crippen LogP contribution in [0.25, 0.3) is 45.3 Å². The van der Waals surface area contributed by atoms with Crippen LogP contribution in [0.4, 0.5) is 37.6 Å². The quantitative estimate of drug-likeness (QED) is 0.0424. The molecule has 7 rings (SSSR count). The van der Waals surface area contributed by atoms with Gasteiger partial charge in [0.2, 0.25) is 24.4 Å². The van der Waals surface area contributed by atoms with E-state index in [1.807, 2.05) is 137 Å². The van der Waals surface area contributed by atoms with Crippen LogP contribution in [0.3, 0.4) is 0 Å². The van der Waals surface area contributed by atoms with Crippen LogP contribution >= 0.6 is 0 Å². The highest BCUT2D eigenvalue weighted by molar-refractivity contribution is 6.48. The molecule has 320 valence electrons. The van der Waals surface area contributed by atoms with E-state index in [-0.39, 0.29) is 17.0 Å². The first kappa shape index (κ1) is 43.9. The van der Waals surface area contributed by atoms with Crippen LogP contribution in [-0.4, -0.2) is 57.1 Å². The molecule has 0 bridgehead atoms. The predicted octanol–water partition coefficient (Wildman–Crippen LogP) is 12.6. The van der Waals surface area contributed by atoms with Gasteiger partial charge in [0.05, 0.1) is 11.1 Å². The lowest BCUT2D eigenvalue weighted by Crippen LogP contribution is -2.22. The van der Waals surface area contributed by atoms with Crippen LogP contribution in [0.1, 0.15) is 66.4 Å². The first-order valence-corrected chi connectivity index (χ1v) is 21.0. The Kier molecular flexibility index (Phi) is 12.2. The number of allylic oxidation sites excluding steroid dienone is 3. The molecule has 0 fully saturated rings. The Hall–Kier alpha value is -6.23. The molecular formula is C51H51BF6N4. The highest BCUT2D eigenvalue weighted by atomic mass is 19.2. The molecule has 1 atom stereocenters. The Labute approximate surface area is 360 Å². The second-order valence-electron chi connectivity index (χ2n) is 16.3. The molecule has 11 heteroatoms. The zero-order chi connectivity index (χ0) is 44.9. The lowest BCUT2D eigenvalue weighted by Gasteiger charge is -2.24. The van der Waals surface area contributed by atoms with E-state index in [0.29, 0.717) is 40.9 Å². The Morgan fingerprint density at radius 1 is 0.645 bits per heavy atom. The van der Waals surface area contributed by atoms with Gasteiger partial charge < -0.3 is 18.6 Å². The van der Waals surface area contributed by atoms with Gasteiger partial charge in [-0.05, 0) is 84.0 Å². The van der Waals surface area contributed by atoms with Crippen molar-refractivity contribution in [3.8, 4) is 0 Å². The van der Waals surface area contributed by atoms with Crippen molar-refractivity contribution < 1.29 is 30.8 Å². The fourth-order valence-corrected chi connectivity index (χ4v) is 9.35. The zero-order valence-corrected chi connectivity index (χ0v) is 36.9. The minimum absolute atomic E-state index is 0.0506. The Balaban J connectivity index is 1.54. The van der Waals surface area contributed by atoms with Crippen molar-refractivity contribution in [1.82, 2.24) is 4.48 Å². The highest BCUT2D eigenvalue weighted by Crippen LogP contribution is 2.44. The second-order valence-corrected chi connectivity index (χ2v) is 16.3. The predicted molar refractivity (Wildman–Crippen MR) is 249 cm³/mol. The fourth-order valence-electron chi connectivity index (χ4n) is 9.35. The number of nitrogens with zero attached hydrogens (tertiary/aromatic N) is 4. The van der Waals surface area contributed by atoms with Gasteiger partial charge >= 0.3 is 0 Å². The molecule has 1 aliphatic heterocycles. The standard InChI is InChI=1S/C51H51BF6N4/c1-11-33-29(3)50(61(10)41(33)27-23-31-21-25-39(59(6)7)37-19-15-13-17-35(31)37)44(43-45(53)47(55)49(57)48(56)46(43)54)51-30(4)34(12-2)42(62(51)52(5)58)28-24-32-22-26-40(60(8)9)38-20-16-14-18-36(32)38/h13-28,52H,11-12H2,1-10H3. The normalized spacial score (nSPS) is 14.8. The van der Waals surface area contributed by atoms with Gasteiger partial charge in [0.25, 0.3) is 0 Å². The van der Waals surface area contributed by atoms with Crippen LogP contribution in [0.2, 0.25) is 6.82 Å². The van der Waals surface area contributed by atoms with E-state index in [1.165, 1.54) is 11.3 Å². The first-order chi connectivity index (χ1) is 29.5. The summed E-state index contributed by atoms with van der Waals surface area (Å²) < 4.78 is 98.3. The van der Waals surface area contributed by atoms with E-state index in [4.69, 9.17) is 0 Å². The van der Waals surface area contributed by atoms with Crippen molar-refractivity contribution in [1.29, 1.82) is 0 Å². The Morgan fingerprint density at radius 2 is 1.11 bits per heavy atom. The van der Waals surface area contributed by atoms with Crippen LogP contribution in [0.5, 0.6) is 0 Å². The molecule has 0 saturated carbocycles. The van der Waals surface area contributed by atoms with Gasteiger partial charge in [-0.2, -0.15) is 4.58 Å². The molecule has 0 saturated heterocycles. The molecule has 62 heavy (non-hydrogen) atoms. The fraction of sp³-hybridized carbons (Fsp3) is 0.235. The summed E-state index contributed by atoms with van der Waals surface area (Å²) in [4.78, 5) is 4.07. The van der Waals surface area contributed by atoms with Gasteiger partial charge in [-0.25, -0.2) is 22.0 Å². The number of hydrogen-bond donors (Lipinski definition) is 0. The lowest BCUT2D eigenvalue weighted by atomic mass is 9.87. The van der Waals surface area contributed by atoms with E-state index < -0.39 is 41.8 Å². The SMILES string of the molecule is CCC1=C(C)/C(=C(\c2c(F)c(F)c(F)c(F)c2F)c2c(C)c(CC)c(/C=C/c3ccc(N(C)C)c4ccccc34)n2[BH-](C)F)[N+](C)=C1/C=C/c1ccc(N(C)C)c2ccccc12. The molecule has 6 aromatic rings. The maximum Gasteiger partial charge on any atom is 0.232 e. The Morgan fingerprint density at radius 3 is 1.56 bits per heavy atom. The van der Waals surface area contributed by atoms with Gasteiger partial charge in [-0.15, -0.1) is 6.82 Å². The van der Waals surface area contributed by atoms with Crippen molar-refractivity contribution in [3.05, 3.63) is 164 Å². The average Bonchev–Trinajstić information content (AvgIpc) is 3.67. The number of fused-ring (bicyclic) bond motifs is 2. The van der Waals surface area contributed by atoms with Gasteiger partial charge in [0.1, 0.15) is 7.05 Å². The average molecular weight is 845 g/mol. The number of halogens is 6. The number of rotatable bonds is 11. The van der Waals surface area contributed by atoms with Crippen molar-refractivity contribution in [3.63, 3.8) is 0 Å². The maximum absolute atomic E-state index is 16.7. The third-order valence-corrected chi connectivity index (χ3v) is 12.2. The minimum Gasteiger partial charge on any atom is -0.492 e. The molecular weight excluding hydrogens is 793 g/mol. The largest absolute Gasteiger partial charge is 0.492 e. The van der Waals surface area contributed by atoms with Crippen LogP contribution < -0.4 is 9.80 Å². The summed E-state index contributed by atoms with van der Waals surface area (Å²) in [5, 5.41) is 4.04. The number of likely N-dealkylation sites (N-methyl/N-ethyl adjacent to an activating group) is 1. The van der Waals surface area contributed by atoms with Crippen LogP contribution in [0.15, 0.2) is 95.7 Å². The molecule has 1 aliphatic rings. The van der Waals surface area contributed by atoms with Crippen molar-refractivity contribution in [2.24, 2.45) is 0 Å². The van der Waals surface area contributed by atoms with E-state index in [1.54, 1.807) is 31.5 Å². The summed E-state index contributed by atoms with van der Waals surface area (Å²) in [6.07, 6.45) is 8.42. The molecule has 0 spiro atoms. The Bertz CT molecular complexity index is 2920. The number of benzene rings is 5. The highest BCUT2D eigenvalue weighted by Gasteiger charge is 2.40. The summed E-state index contributed by atoms with van der Waals surface area (Å²) in [6, 6.07) is 24.0. The molecule has 4 nitrogen and oxygen atoms in total. The summed E-state index contributed by atoms with van der Waals surface area (Å²) >= 11 is 0. The number of hydrogen-bond acceptors (Lipinski definition) is 2. The molecule has 0 aliphatic carbocycles. The topological polar surface area (TPSA) is 14.4 Å². The van der Waals surface area contributed by atoms with E-state index in [0.717, 1.165) is 49.6 Å². The smallest absolute Gasteiger partial charge is 0.232 e. The van der Waals surface area contributed by atoms with E-state index in [2.05, 4.69) is 6.07 Å². The van der Waals surface area contributed by atoms with Crippen molar-refractivity contribution >= 4 is 69.6 Å². The summed E-state index contributed by atoms with van der Waals surface area (Å²) in [5.41, 5.74) is 6.35. The van der Waals surface area contributed by atoms with Gasteiger partial charge in [0, 0.05) is 78.9 Å². The molecule has 0 amide bonds. The van der Waals surface area contributed by atoms with Gasteiger partial charge in [-0.3, -0.25) is 0 Å². The molecule has 5 aromatic carbocycles. The van der Waals surface area contributed by atoms with Gasteiger partial charge in [0.15, 0.2) is 23.3 Å². The molecule has 2 heterocycles. The monoisotopic (exact) mass is 844 g/mol. The second kappa shape index (κ2) is 17.3. The molecule has 0 radical (unpaired) electrons. The molecule has 0 N–H and O–H groups in total. The number of aromatic nitrogens is 1. The number of anilines is 2. The maximum atomic E-state index is 16.7. The molecule has 1 aromatic heterocycles. The van der Waals surface area contributed by atoms with Crippen LogP contribution in [0, 0.1) is 36.0 Å².